The Hall–Kier alpha value is -2.16. The topological polar surface area (TPSA) is 27.7 Å². The monoisotopic (exact) mass is 342 g/mol. The molecule has 0 aliphatic heterocycles. The molecule has 0 radical (unpaired) electrons. The number of hydrogen-bond acceptors (Lipinski definition) is 3. The smallest absolute Gasteiger partial charge is 0.129 e. The molecule has 0 spiro atoms. The van der Waals surface area contributed by atoms with Crippen molar-refractivity contribution in [3.63, 3.8) is 0 Å². The highest BCUT2D eigenvalue weighted by Crippen LogP contribution is 2.34. The fourth-order valence-corrected chi connectivity index (χ4v) is 2.69. The number of rotatable bonds is 7. The molecule has 3 heteroatoms. The summed E-state index contributed by atoms with van der Waals surface area (Å²) in [7, 11) is 3.31. The van der Waals surface area contributed by atoms with E-state index >= 15 is 0 Å². The predicted octanol–water partition coefficient (Wildman–Crippen LogP) is 5.71. The highest BCUT2D eigenvalue weighted by molar-refractivity contribution is 5.41. The van der Waals surface area contributed by atoms with Crippen molar-refractivity contribution < 1.29 is 14.2 Å². The molecule has 0 saturated heterocycles. The first-order valence-corrected chi connectivity index (χ1v) is 8.75. The van der Waals surface area contributed by atoms with E-state index in [2.05, 4.69) is 32.9 Å². The molecule has 2 aromatic rings. The van der Waals surface area contributed by atoms with E-state index in [1.54, 1.807) is 14.2 Å². The summed E-state index contributed by atoms with van der Waals surface area (Å²) in [6.45, 7) is 10.8. The van der Waals surface area contributed by atoms with E-state index in [9.17, 15) is 0 Å². The van der Waals surface area contributed by atoms with E-state index in [4.69, 9.17) is 14.2 Å². The summed E-state index contributed by atoms with van der Waals surface area (Å²) in [5.41, 5.74) is 1.99. The highest BCUT2D eigenvalue weighted by atomic mass is 16.5. The van der Waals surface area contributed by atoms with Crippen molar-refractivity contribution >= 4 is 0 Å². The van der Waals surface area contributed by atoms with Crippen molar-refractivity contribution in [1.82, 2.24) is 0 Å². The largest absolute Gasteiger partial charge is 0.497 e. The van der Waals surface area contributed by atoms with Gasteiger partial charge in [-0.15, -0.1) is 0 Å². The second kappa shape index (κ2) is 7.38. The van der Waals surface area contributed by atoms with E-state index < -0.39 is 5.60 Å². The van der Waals surface area contributed by atoms with Crippen molar-refractivity contribution in [1.29, 1.82) is 0 Å². The van der Waals surface area contributed by atoms with E-state index in [1.807, 2.05) is 44.2 Å². The Morgan fingerprint density at radius 3 is 1.68 bits per heavy atom. The molecule has 0 aromatic heterocycles. The molecule has 0 atom stereocenters. The second-order valence-electron chi connectivity index (χ2n) is 7.48. The zero-order valence-electron chi connectivity index (χ0n) is 16.5. The zero-order chi connectivity index (χ0) is 18.7. The highest BCUT2D eigenvalue weighted by Gasteiger charge is 2.25. The summed E-state index contributed by atoms with van der Waals surface area (Å²) >= 11 is 0. The number of benzene rings is 2. The fourth-order valence-electron chi connectivity index (χ4n) is 2.69. The first-order valence-electron chi connectivity index (χ1n) is 8.75. The van der Waals surface area contributed by atoms with Gasteiger partial charge in [0.25, 0.3) is 0 Å². The van der Waals surface area contributed by atoms with Gasteiger partial charge in [0.05, 0.1) is 14.2 Å². The third kappa shape index (κ3) is 4.47. The maximum Gasteiger partial charge on any atom is 0.129 e. The Labute approximate surface area is 151 Å². The van der Waals surface area contributed by atoms with E-state index in [-0.39, 0.29) is 5.41 Å². The average Bonchev–Trinajstić information content (AvgIpc) is 2.61. The Bertz CT molecular complexity index is 677. The van der Waals surface area contributed by atoms with Crippen LogP contribution in [0.1, 0.15) is 52.2 Å². The maximum absolute atomic E-state index is 6.28. The lowest BCUT2D eigenvalue weighted by molar-refractivity contribution is 0.108. The van der Waals surface area contributed by atoms with Gasteiger partial charge in [0.2, 0.25) is 0 Å². The van der Waals surface area contributed by atoms with Crippen LogP contribution in [0.5, 0.6) is 17.2 Å². The van der Waals surface area contributed by atoms with Crippen LogP contribution in [-0.2, 0) is 11.0 Å². The van der Waals surface area contributed by atoms with Crippen LogP contribution in [-0.4, -0.2) is 14.2 Å². The number of ether oxygens (including phenoxy) is 3. The third-order valence-electron chi connectivity index (χ3n) is 4.94. The van der Waals surface area contributed by atoms with E-state index in [0.717, 1.165) is 29.2 Å². The Morgan fingerprint density at radius 2 is 1.24 bits per heavy atom. The molecule has 0 bridgehead atoms. The van der Waals surface area contributed by atoms with Crippen molar-refractivity contribution in [2.45, 2.75) is 52.1 Å². The number of methoxy groups -OCH3 is 2. The molecule has 2 rings (SSSR count). The van der Waals surface area contributed by atoms with Gasteiger partial charge in [-0.2, -0.15) is 0 Å². The zero-order valence-corrected chi connectivity index (χ0v) is 16.5. The standard InChI is InChI=1S/C22H30O3/c1-8-21(2,3)16-9-11-18(12-10-16)25-22(4,5)17-13-19(23-6)15-20(14-17)24-7/h9-15H,8H2,1-7H3. The second-order valence-corrected chi connectivity index (χ2v) is 7.48. The van der Waals surface area contributed by atoms with Gasteiger partial charge in [-0.05, 0) is 55.5 Å². The van der Waals surface area contributed by atoms with Crippen molar-refractivity contribution in [3.8, 4) is 17.2 Å². The van der Waals surface area contributed by atoms with Gasteiger partial charge in [-0.25, -0.2) is 0 Å². The van der Waals surface area contributed by atoms with Gasteiger partial charge in [-0.3, -0.25) is 0 Å². The minimum Gasteiger partial charge on any atom is -0.497 e. The molecule has 0 aliphatic rings. The summed E-state index contributed by atoms with van der Waals surface area (Å²) in [6.07, 6.45) is 1.10. The molecular formula is C22H30O3. The Balaban J connectivity index is 2.26. The van der Waals surface area contributed by atoms with Crippen LogP contribution in [0, 0.1) is 0 Å². The quantitative estimate of drug-likeness (QED) is 0.645. The van der Waals surface area contributed by atoms with Gasteiger partial charge >= 0.3 is 0 Å². The molecule has 136 valence electrons. The van der Waals surface area contributed by atoms with E-state index in [0.29, 0.717) is 0 Å². The SMILES string of the molecule is CCC(C)(C)c1ccc(OC(C)(C)c2cc(OC)cc(OC)c2)cc1. The van der Waals surface area contributed by atoms with Crippen molar-refractivity contribution in [3.05, 3.63) is 53.6 Å². The lowest BCUT2D eigenvalue weighted by Crippen LogP contribution is -2.25. The molecule has 2 aromatic carbocycles. The fraction of sp³-hybridized carbons (Fsp3) is 0.455. The third-order valence-corrected chi connectivity index (χ3v) is 4.94. The molecule has 0 fully saturated rings. The molecule has 0 aliphatic carbocycles. The van der Waals surface area contributed by atoms with Gasteiger partial charge in [0, 0.05) is 11.6 Å². The van der Waals surface area contributed by atoms with Gasteiger partial charge < -0.3 is 14.2 Å². The van der Waals surface area contributed by atoms with E-state index in [1.165, 1.54) is 5.56 Å². The first-order chi connectivity index (χ1) is 11.7. The lowest BCUT2D eigenvalue weighted by atomic mass is 9.82. The van der Waals surface area contributed by atoms with Gasteiger partial charge in [-0.1, -0.05) is 32.9 Å². The molecule has 0 heterocycles. The van der Waals surface area contributed by atoms with Crippen LogP contribution in [0.4, 0.5) is 0 Å². The summed E-state index contributed by atoms with van der Waals surface area (Å²) in [6, 6.07) is 14.2. The normalized spacial score (nSPS) is 12.0. The van der Waals surface area contributed by atoms with Gasteiger partial charge in [0.15, 0.2) is 0 Å². The Kier molecular flexibility index (Phi) is 5.66. The maximum atomic E-state index is 6.28. The minimum absolute atomic E-state index is 0.175. The summed E-state index contributed by atoms with van der Waals surface area (Å²) in [5, 5.41) is 0. The summed E-state index contributed by atoms with van der Waals surface area (Å²) in [5.74, 6) is 2.36. The molecule has 0 N–H and O–H groups in total. The van der Waals surface area contributed by atoms with Crippen LogP contribution in [0.25, 0.3) is 0 Å². The summed E-state index contributed by atoms with van der Waals surface area (Å²) in [4.78, 5) is 0. The number of hydrogen-bond donors (Lipinski definition) is 0. The molecule has 3 nitrogen and oxygen atoms in total. The molecule has 0 unspecified atom stereocenters. The summed E-state index contributed by atoms with van der Waals surface area (Å²) < 4.78 is 17.0. The van der Waals surface area contributed by atoms with Crippen LogP contribution in [0.3, 0.4) is 0 Å². The van der Waals surface area contributed by atoms with Crippen LogP contribution >= 0.6 is 0 Å². The van der Waals surface area contributed by atoms with Crippen LogP contribution in [0.2, 0.25) is 0 Å². The molecule has 0 amide bonds. The molecule has 0 saturated carbocycles. The minimum atomic E-state index is -0.510. The first kappa shape index (κ1) is 19.2. The molecular weight excluding hydrogens is 312 g/mol. The Morgan fingerprint density at radius 1 is 0.720 bits per heavy atom. The van der Waals surface area contributed by atoms with Crippen LogP contribution < -0.4 is 14.2 Å². The molecule has 25 heavy (non-hydrogen) atoms. The predicted molar refractivity (Wildman–Crippen MR) is 103 cm³/mol. The van der Waals surface area contributed by atoms with Crippen molar-refractivity contribution in [2.24, 2.45) is 0 Å². The average molecular weight is 342 g/mol. The van der Waals surface area contributed by atoms with Crippen molar-refractivity contribution in [2.75, 3.05) is 14.2 Å². The van der Waals surface area contributed by atoms with Crippen LogP contribution in [0.15, 0.2) is 42.5 Å². The van der Waals surface area contributed by atoms with Gasteiger partial charge in [0.1, 0.15) is 22.8 Å². The lowest BCUT2D eigenvalue weighted by Gasteiger charge is -2.29.